The second kappa shape index (κ2) is 26.1. The zero-order valence-electron chi connectivity index (χ0n) is 72.1. The van der Waals surface area contributed by atoms with Gasteiger partial charge in [-0.05, 0) is 106 Å². The van der Waals surface area contributed by atoms with E-state index in [1.807, 2.05) is 0 Å². The predicted molar refractivity (Wildman–Crippen MR) is 590 cm³/mol. The van der Waals surface area contributed by atoms with E-state index in [0.29, 0.717) is 0 Å². The Morgan fingerprint density at radius 3 is 1.11 bits per heavy atom. The van der Waals surface area contributed by atoms with Crippen molar-refractivity contribution in [3.8, 4) is 61.3 Å². The van der Waals surface area contributed by atoms with E-state index in [4.69, 9.17) is 0 Å². The fourth-order valence-electron chi connectivity index (χ4n) is 21.7. The van der Waals surface area contributed by atoms with E-state index in [0.717, 1.165) is 0 Å². The first-order chi connectivity index (χ1) is 49.6. The van der Waals surface area contributed by atoms with Gasteiger partial charge in [0, 0.05) is 22.5 Å². The van der Waals surface area contributed by atoms with Crippen LogP contribution in [0.25, 0.3) is 83.1 Å². The third-order valence-corrected chi connectivity index (χ3v) is 30.7. The van der Waals surface area contributed by atoms with Crippen LogP contribution in [0.4, 0.5) is 0 Å². The highest BCUT2D eigenvalue weighted by atomic mass is 15.0. The zero-order chi connectivity index (χ0) is 77.7. The highest BCUT2D eigenvalue weighted by molar-refractivity contribution is 6.76. The van der Waals surface area contributed by atoms with Crippen molar-refractivity contribution < 1.29 is 0 Å². The third-order valence-electron chi connectivity index (χ3n) is 30.7. The van der Waals surface area contributed by atoms with Crippen molar-refractivity contribution in [2.45, 2.75) is 11.3 Å². The van der Waals surface area contributed by atoms with Gasteiger partial charge in [-0.15, -0.1) is 60.1 Å². The quantitative estimate of drug-likeness (QED) is 0.111. The van der Waals surface area contributed by atoms with E-state index in [2.05, 4.69) is 337 Å². The molecule has 38 heteroatoms. The first-order valence-corrected chi connectivity index (χ1v) is 39.6. The van der Waals surface area contributed by atoms with Crippen LogP contribution >= 0.6 is 0 Å². The Kier molecular flexibility index (Phi) is 18.8. The summed E-state index contributed by atoms with van der Waals surface area (Å²) in [5.41, 5.74) is 78.1. The highest BCUT2D eigenvalue weighted by Gasteiger charge is 2.55. The van der Waals surface area contributed by atoms with Crippen LogP contribution in [-0.4, -0.2) is 295 Å². The van der Waals surface area contributed by atoms with Crippen LogP contribution in [0.5, 0.6) is 0 Å². The van der Waals surface area contributed by atoms with Crippen molar-refractivity contribution in [2.75, 3.05) is 0 Å². The average Bonchev–Trinajstić information content (AvgIpc) is 1.48. The van der Waals surface area contributed by atoms with Gasteiger partial charge in [0.1, 0.15) is 290 Å². The average molecular weight is 1310 g/mol. The molecule has 0 N–H and O–H groups in total. The summed E-state index contributed by atoms with van der Waals surface area (Å²) in [6.45, 7) is 0. The van der Waals surface area contributed by atoms with Crippen molar-refractivity contribution in [3.63, 3.8) is 0 Å². The smallest absolute Gasteiger partial charge is 0.141 e. The van der Waals surface area contributed by atoms with Crippen LogP contribution in [0.1, 0.15) is 44.9 Å². The molecule has 0 bridgehead atoms. The first kappa shape index (κ1) is 76.4. The van der Waals surface area contributed by atoms with E-state index in [-0.39, 0.29) is 5.92 Å². The molecule has 0 saturated carbocycles. The molecule has 0 aliphatic heterocycles. The molecule has 0 amide bonds. The molecule has 0 saturated heterocycles. The zero-order valence-corrected chi connectivity index (χ0v) is 72.1. The number of benzene rings is 11. The normalized spacial score (nSPS) is 13.7. The Labute approximate surface area is 667 Å². The topological polar surface area (TPSA) is 4.93 Å². The lowest BCUT2D eigenvalue weighted by molar-refractivity contribution is 0.807. The van der Waals surface area contributed by atoms with Gasteiger partial charge in [-0.25, -0.2) is 0 Å². The minimum absolute atomic E-state index is 0.210. The molecule has 0 fully saturated rings. The second-order valence-electron chi connectivity index (χ2n) is 34.5. The van der Waals surface area contributed by atoms with Crippen LogP contribution in [-0.2, 0) is 5.41 Å². The van der Waals surface area contributed by atoms with Crippen molar-refractivity contribution in [1.29, 1.82) is 0 Å². The molecule has 0 radical (unpaired) electrons. The molecule has 106 heavy (non-hydrogen) atoms. The molecule has 12 aromatic rings. The number of fused-ring (bicyclic) bond motifs is 13. The van der Waals surface area contributed by atoms with Crippen LogP contribution in [0.2, 0.25) is 0 Å². The third kappa shape index (κ3) is 9.95. The maximum Gasteiger partial charge on any atom is 0.141 e. The summed E-state index contributed by atoms with van der Waals surface area (Å²) in [6, 6.07) is 18.6. The maximum atomic E-state index is 2.77. The van der Waals surface area contributed by atoms with Gasteiger partial charge in [-0.1, -0.05) is 178 Å². The summed E-state index contributed by atoms with van der Waals surface area (Å²) in [5.74, 6) is -0.210. The summed E-state index contributed by atoms with van der Waals surface area (Å²) in [6.07, 6.45) is 0. The summed E-state index contributed by atoms with van der Waals surface area (Å²) < 4.78 is 2.77. The number of rotatable bonds is 7. The van der Waals surface area contributed by atoms with Gasteiger partial charge in [0.25, 0.3) is 0 Å². The Morgan fingerprint density at radius 1 is 0.217 bits per heavy atom. The molecule has 2 unspecified atom stereocenters. The number of nitrogens with zero attached hydrogens (tertiary/aromatic N) is 1. The lowest BCUT2D eigenvalue weighted by Crippen LogP contribution is -2.57. The second-order valence-corrected chi connectivity index (χ2v) is 34.5. The SMILES string of the molecule is Bc1cc2c(cc1B)C1(c3cc(B)c(B)c(B)c3-c3c(B)c(B)c(B)c(B)c31)c1c(B)c(B)cc(C(c3ccc(-c4c(B)c(-c5c(B)c(B)c(B)c(B)c5B)c(B)c(-c5c(B)c(B)c(B)c(B)c5B)c4B)c(B)c3B)c3cc4c(c(B)c3B)c3c(B)c(B)c(B)c(B)c3n4-c3c(B)c(B)c(B)c(B)c3B)c1-2. The van der Waals surface area contributed by atoms with Crippen LogP contribution < -0.4 is 202 Å². The fraction of sp³-hybridized carbons (Fsp3) is 0.0294. The minimum Gasteiger partial charge on any atom is -0.311 e. The van der Waals surface area contributed by atoms with Gasteiger partial charge < -0.3 is 4.57 Å². The fourth-order valence-corrected chi connectivity index (χ4v) is 21.7. The largest absolute Gasteiger partial charge is 0.311 e. The summed E-state index contributed by atoms with van der Waals surface area (Å²) in [7, 11) is 88.9. The lowest BCUT2D eigenvalue weighted by Gasteiger charge is -2.36. The van der Waals surface area contributed by atoms with Crippen LogP contribution in [0, 0.1) is 0 Å². The Balaban J connectivity index is 1.20. The number of hydrogen-bond acceptors (Lipinski definition) is 0. The Morgan fingerprint density at radius 2 is 0.594 bits per heavy atom. The molecule has 1 aromatic heterocycles. The standard InChI is InChI=1S/C68H82B37N/c69-15-3-10-13(6-16(15)70)68(14-7-18(72)37(77)41(81)23(14)25-32(68)49(89)56(96)50(90)43(25)83)31-21(10)11(4-17(71)36(31)76)20(12-5-19-24(42(82)35(12)75)30-48(88)55(95)60(100)63(103)66(30)106(19)67-64(104)61(101)59(99)62(102)65(67)105)8-1-2-9(34(74)33(8)73)22-38(78)26(28-44(84)51(91)57(97)52(92)45(28)85)40(80)27(39(22)79)29-46(86)53(93)58(98)54(94)47(29)87/h1-7,20H,69-105H2. The minimum atomic E-state index is -0.594. The lowest BCUT2D eigenvalue weighted by atomic mass is 9.54. The molecular weight excluding hydrogens is 1230 g/mol. The summed E-state index contributed by atoms with van der Waals surface area (Å²) >= 11 is 0. The number of aromatic nitrogens is 1. The Bertz CT molecular complexity index is 6010. The monoisotopic (exact) mass is 1320 g/mol. The summed E-state index contributed by atoms with van der Waals surface area (Å²) in [5, 5.41) is 2.76. The van der Waals surface area contributed by atoms with Crippen molar-refractivity contribution >= 4 is 514 Å². The molecule has 11 aromatic carbocycles. The van der Waals surface area contributed by atoms with Crippen LogP contribution in [0.3, 0.4) is 0 Å². The van der Waals surface area contributed by atoms with E-state index < -0.39 is 5.41 Å². The van der Waals surface area contributed by atoms with Gasteiger partial charge in [0.2, 0.25) is 0 Å². The molecule has 2 aliphatic carbocycles. The first-order valence-electron chi connectivity index (χ1n) is 39.6. The van der Waals surface area contributed by atoms with Gasteiger partial charge >= 0.3 is 0 Å². The maximum absolute atomic E-state index is 2.77. The van der Waals surface area contributed by atoms with Crippen molar-refractivity contribution in [2.24, 2.45) is 0 Å². The van der Waals surface area contributed by atoms with Crippen LogP contribution in [0.15, 0.2) is 42.5 Å². The van der Waals surface area contributed by atoms with E-state index in [9.17, 15) is 0 Å². The molecule has 1 nitrogen and oxygen atoms in total. The molecule has 2 aliphatic rings. The molecular formula is C68H82B37N. The van der Waals surface area contributed by atoms with Gasteiger partial charge in [-0.3, -0.25) is 0 Å². The van der Waals surface area contributed by atoms with Crippen molar-refractivity contribution in [1.82, 2.24) is 4.57 Å². The van der Waals surface area contributed by atoms with Gasteiger partial charge in [-0.2, -0.15) is 0 Å². The van der Waals surface area contributed by atoms with E-state index in [1.54, 1.807) is 0 Å². The summed E-state index contributed by atoms with van der Waals surface area (Å²) in [4.78, 5) is 0. The van der Waals surface area contributed by atoms with E-state index >= 15 is 0 Å². The molecule has 470 valence electrons. The number of hydrogen-bond donors (Lipinski definition) is 0. The molecule has 1 heterocycles. The van der Waals surface area contributed by atoms with E-state index in [1.165, 1.54) is 324 Å². The molecule has 2 atom stereocenters. The Hall–Kier alpha value is -6.38. The van der Waals surface area contributed by atoms with Gasteiger partial charge in [0.05, 0.1) is 10.9 Å². The molecule has 14 rings (SSSR count). The van der Waals surface area contributed by atoms with Crippen molar-refractivity contribution in [3.05, 3.63) is 81.4 Å². The molecule has 1 spiro atoms. The predicted octanol–water partition coefficient (Wildman–Crippen LogP) is -47.1. The highest BCUT2D eigenvalue weighted by Crippen LogP contribution is 2.62. The van der Waals surface area contributed by atoms with Gasteiger partial charge in [0.15, 0.2) is 0 Å².